The van der Waals surface area contributed by atoms with Crippen LogP contribution in [0.2, 0.25) is 0 Å². The van der Waals surface area contributed by atoms with Gasteiger partial charge in [-0.25, -0.2) is 0 Å². The van der Waals surface area contributed by atoms with Gasteiger partial charge in [0.25, 0.3) is 0 Å². The minimum atomic E-state index is 0.220. The Morgan fingerprint density at radius 1 is 1.38 bits per heavy atom. The molecule has 1 saturated carbocycles. The van der Waals surface area contributed by atoms with Crippen molar-refractivity contribution >= 4 is 5.78 Å². The third-order valence-corrected chi connectivity index (χ3v) is 3.88. The van der Waals surface area contributed by atoms with Gasteiger partial charge in [0.15, 0.2) is 0 Å². The minimum Gasteiger partial charge on any atom is -0.298 e. The van der Waals surface area contributed by atoms with Crippen LogP contribution in [-0.2, 0) is 4.79 Å². The fourth-order valence-corrected chi connectivity index (χ4v) is 3.21. The molecule has 2 fully saturated rings. The first kappa shape index (κ1) is 9.20. The number of rotatable bonds is 1. The molecule has 13 heavy (non-hydrogen) atoms. The Morgan fingerprint density at radius 3 is 2.46 bits per heavy atom. The predicted molar refractivity (Wildman–Crippen MR) is 52.6 cm³/mol. The standard InChI is InChI=1S/C11H19NO/c1-9(13)10-7-11(8-12(10)2)5-3-4-6-11/h10H,3-8H2,1-2H3/t10-/m1/s1. The Morgan fingerprint density at radius 2 is 2.00 bits per heavy atom. The summed E-state index contributed by atoms with van der Waals surface area (Å²) in [5, 5.41) is 0. The number of hydrogen-bond donors (Lipinski definition) is 0. The molecular formula is C11H19NO. The average molecular weight is 181 g/mol. The van der Waals surface area contributed by atoms with Crippen LogP contribution in [0.15, 0.2) is 0 Å². The maximum atomic E-state index is 11.4. The zero-order chi connectivity index (χ0) is 9.47. The molecule has 0 aromatic heterocycles. The normalized spacial score (nSPS) is 32.9. The van der Waals surface area contributed by atoms with Crippen molar-refractivity contribution in [3.63, 3.8) is 0 Å². The minimum absolute atomic E-state index is 0.220. The van der Waals surface area contributed by atoms with Crippen molar-refractivity contribution in [3.8, 4) is 0 Å². The van der Waals surface area contributed by atoms with E-state index in [-0.39, 0.29) is 6.04 Å². The van der Waals surface area contributed by atoms with Crippen LogP contribution in [-0.4, -0.2) is 30.3 Å². The highest BCUT2D eigenvalue weighted by atomic mass is 16.1. The molecule has 1 aliphatic heterocycles. The zero-order valence-electron chi connectivity index (χ0n) is 8.68. The second-order valence-electron chi connectivity index (χ2n) is 4.95. The molecule has 2 aliphatic rings. The Hall–Kier alpha value is -0.370. The first-order chi connectivity index (χ1) is 6.13. The Labute approximate surface area is 80.3 Å². The van der Waals surface area contributed by atoms with E-state index in [0.717, 1.165) is 13.0 Å². The molecule has 74 valence electrons. The summed E-state index contributed by atoms with van der Waals surface area (Å²) in [7, 11) is 2.10. The van der Waals surface area contributed by atoms with Gasteiger partial charge in [-0.2, -0.15) is 0 Å². The number of Topliss-reactive ketones (excluding diaryl/α,β-unsaturated/α-hetero) is 1. The Kier molecular flexibility index (Phi) is 2.18. The van der Waals surface area contributed by atoms with E-state index in [1.165, 1.54) is 25.7 Å². The predicted octanol–water partition coefficient (Wildman–Crippen LogP) is 1.84. The lowest BCUT2D eigenvalue weighted by atomic mass is 9.83. The van der Waals surface area contributed by atoms with Crippen molar-refractivity contribution in [2.45, 2.75) is 45.1 Å². The van der Waals surface area contributed by atoms with Crippen molar-refractivity contribution in [3.05, 3.63) is 0 Å². The molecule has 1 heterocycles. The van der Waals surface area contributed by atoms with Crippen molar-refractivity contribution in [2.24, 2.45) is 5.41 Å². The van der Waals surface area contributed by atoms with Crippen LogP contribution in [0.1, 0.15) is 39.0 Å². The van der Waals surface area contributed by atoms with Crippen molar-refractivity contribution < 1.29 is 4.79 Å². The summed E-state index contributed by atoms with van der Waals surface area (Å²) in [5.74, 6) is 0.353. The lowest BCUT2D eigenvalue weighted by Crippen LogP contribution is -2.31. The smallest absolute Gasteiger partial charge is 0.146 e. The molecule has 0 aromatic rings. The topological polar surface area (TPSA) is 20.3 Å². The molecule has 0 amide bonds. The van der Waals surface area contributed by atoms with Gasteiger partial charge >= 0.3 is 0 Å². The number of likely N-dealkylation sites (N-methyl/N-ethyl adjacent to an activating group) is 1. The summed E-state index contributed by atoms with van der Waals surface area (Å²) in [4.78, 5) is 13.6. The quantitative estimate of drug-likeness (QED) is 0.615. The largest absolute Gasteiger partial charge is 0.298 e. The maximum absolute atomic E-state index is 11.4. The van der Waals surface area contributed by atoms with Gasteiger partial charge < -0.3 is 0 Å². The van der Waals surface area contributed by atoms with Crippen LogP contribution < -0.4 is 0 Å². The van der Waals surface area contributed by atoms with Crippen LogP contribution in [0.25, 0.3) is 0 Å². The summed E-state index contributed by atoms with van der Waals surface area (Å²) in [6, 6.07) is 0.220. The van der Waals surface area contributed by atoms with Crippen molar-refractivity contribution in [1.29, 1.82) is 0 Å². The second-order valence-corrected chi connectivity index (χ2v) is 4.95. The number of ketones is 1. The molecule has 0 bridgehead atoms. The summed E-state index contributed by atoms with van der Waals surface area (Å²) in [6.45, 7) is 2.88. The molecule has 0 unspecified atom stereocenters. The summed E-state index contributed by atoms with van der Waals surface area (Å²) < 4.78 is 0. The number of hydrogen-bond acceptors (Lipinski definition) is 2. The van der Waals surface area contributed by atoms with E-state index >= 15 is 0 Å². The molecular weight excluding hydrogens is 162 g/mol. The molecule has 1 saturated heterocycles. The third-order valence-electron chi connectivity index (χ3n) is 3.88. The average Bonchev–Trinajstić information content (AvgIpc) is 2.60. The lowest BCUT2D eigenvalue weighted by Gasteiger charge is -2.21. The first-order valence-corrected chi connectivity index (χ1v) is 5.34. The van der Waals surface area contributed by atoms with Crippen molar-refractivity contribution in [1.82, 2.24) is 4.90 Å². The number of carbonyl (C=O) groups excluding carboxylic acids is 1. The number of carbonyl (C=O) groups is 1. The van der Waals surface area contributed by atoms with Crippen molar-refractivity contribution in [2.75, 3.05) is 13.6 Å². The van der Waals surface area contributed by atoms with Gasteiger partial charge in [-0.3, -0.25) is 9.69 Å². The van der Waals surface area contributed by atoms with E-state index in [1.807, 2.05) is 0 Å². The fraction of sp³-hybridized carbons (Fsp3) is 0.909. The monoisotopic (exact) mass is 181 g/mol. The number of likely N-dealkylation sites (tertiary alicyclic amines) is 1. The van der Waals surface area contributed by atoms with E-state index in [4.69, 9.17) is 0 Å². The van der Waals surface area contributed by atoms with Crippen LogP contribution in [0.3, 0.4) is 0 Å². The van der Waals surface area contributed by atoms with Crippen LogP contribution in [0.4, 0.5) is 0 Å². The van der Waals surface area contributed by atoms with Gasteiger partial charge in [-0.05, 0) is 38.6 Å². The highest BCUT2D eigenvalue weighted by Gasteiger charge is 2.45. The van der Waals surface area contributed by atoms with Crippen LogP contribution in [0, 0.1) is 5.41 Å². The molecule has 0 radical (unpaired) electrons. The number of nitrogens with zero attached hydrogens (tertiary/aromatic N) is 1. The summed E-state index contributed by atoms with van der Waals surface area (Å²) in [5.41, 5.74) is 0.519. The van der Waals surface area contributed by atoms with E-state index in [9.17, 15) is 4.79 Å². The zero-order valence-corrected chi connectivity index (χ0v) is 8.68. The van der Waals surface area contributed by atoms with Gasteiger partial charge in [0.2, 0.25) is 0 Å². The van der Waals surface area contributed by atoms with Gasteiger partial charge in [-0.15, -0.1) is 0 Å². The van der Waals surface area contributed by atoms with E-state index in [2.05, 4.69) is 11.9 Å². The highest BCUT2D eigenvalue weighted by molar-refractivity contribution is 5.81. The summed E-state index contributed by atoms with van der Waals surface area (Å²) in [6.07, 6.45) is 6.57. The molecule has 0 N–H and O–H groups in total. The van der Waals surface area contributed by atoms with Crippen LogP contribution in [0.5, 0.6) is 0 Å². The van der Waals surface area contributed by atoms with E-state index in [1.54, 1.807) is 6.92 Å². The van der Waals surface area contributed by atoms with Gasteiger partial charge in [0, 0.05) is 6.54 Å². The van der Waals surface area contributed by atoms with E-state index in [0.29, 0.717) is 11.2 Å². The van der Waals surface area contributed by atoms with E-state index < -0.39 is 0 Å². The maximum Gasteiger partial charge on any atom is 0.146 e. The molecule has 1 aliphatic carbocycles. The Balaban J connectivity index is 2.09. The first-order valence-electron chi connectivity index (χ1n) is 5.34. The van der Waals surface area contributed by atoms with Crippen LogP contribution >= 0.6 is 0 Å². The molecule has 2 nitrogen and oxygen atoms in total. The molecule has 2 rings (SSSR count). The van der Waals surface area contributed by atoms with Gasteiger partial charge in [0.1, 0.15) is 5.78 Å². The molecule has 0 aromatic carbocycles. The van der Waals surface area contributed by atoms with Gasteiger partial charge in [0.05, 0.1) is 6.04 Å². The fourth-order valence-electron chi connectivity index (χ4n) is 3.21. The van der Waals surface area contributed by atoms with Gasteiger partial charge in [-0.1, -0.05) is 12.8 Å². The highest BCUT2D eigenvalue weighted by Crippen LogP contribution is 2.47. The SMILES string of the molecule is CC(=O)[C@H]1CC2(CCCC2)CN1C. The molecule has 2 heteroatoms. The molecule has 1 atom stereocenters. The summed E-state index contributed by atoms with van der Waals surface area (Å²) >= 11 is 0. The molecule has 1 spiro atoms. The lowest BCUT2D eigenvalue weighted by molar-refractivity contribution is -0.120. The third kappa shape index (κ3) is 1.52. The Bertz CT molecular complexity index is 218. The second kappa shape index (κ2) is 3.09.